The number of hydrogen-bond donors (Lipinski definition) is 5. The quantitative estimate of drug-likeness (QED) is 0.0758. The third-order valence-electron chi connectivity index (χ3n) is 8.76. The maximum absolute atomic E-state index is 14.2. The summed E-state index contributed by atoms with van der Waals surface area (Å²) in [6, 6.07) is 21.3. The van der Waals surface area contributed by atoms with Gasteiger partial charge in [0, 0.05) is 29.5 Å². The largest absolute Gasteiger partial charge is 0.478 e. The van der Waals surface area contributed by atoms with Gasteiger partial charge in [0.1, 0.15) is 22.4 Å². The Morgan fingerprint density at radius 1 is 0.481 bits per heavy atom. The van der Waals surface area contributed by atoms with Gasteiger partial charge in [-0.05, 0) is 76.4 Å². The average Bonchev–Trinajstić information content (AvgIpc) is 3.09. The van der Waals surface area contributed by atoms with Gasteiger partial charge in [0.2, 0.25) is 0 Å². The lowest BCUT2D eigenvalue weighted by Crippen LogP contribution is -2.38. The van der Waals surface area contributed by atoms with Crippen LogP contribution in [0.4, 0.5) is 0 Å². The number of carboxylic acid groups (broad SMARTS) is 2. The third kappa shape index (κ3) is 9.39. The Hall–Kier alpha value is -5.82. The van der Waals surface area contributed by atoms with E-state index in [-0.39, 0.29) is 35.1 Å². The maximum Gasteiger partial charge on any atom is 0.339 e. The lowest BCUT2D eigenvalue weighted by Gasteiger charge is -2.35. The summed E-state index contributed by atoms with van der Waals surface area (Å²) in [4.78, 5) is 76.6. The fraction of sp³-hybridized carbons (Fsp3) is 0.286. The van der Waals surface area contributed by atoms with Gasteiger partial charge in [-0.3, -0.25) is 14.4 Å². The van der Waals surface area contributed by atoms with Gasteiger partial charge in [-0.1, -0.05) is 72.8 Å². The molecule has 0 heterocycles. The monoisotopic (exact) mass is 738 g/mol. The van der Waals surface area contributed by atoms with Gasteiger partial charge in [0.05, 0.1) is 16.7 Å². The highest BCUT2D eigenvalue weighted by Crippen LogP contribution is 2.37. The second-order valence-corrected chi connectivity index (χ2v) is 14.7. The Morgan fingerprint density at radius 2 is 0.833 bits per heavy atom. The Labute approximate surface area is 311 Å². The second-order valence-electron chi connectivity index (χ2n) is 14.7. The van der Waals surface area contributed by atoms with Gasteiger partial charge < -0.3 is 30.3 Å². The molecule has 0 atom stereocenters. The van der Waals surface area contributed by atoms with E-state index in [2.05, 4.69) is 0 Å². The van der Waals surface area contributed by atoms with Crippen LogP contribution in [-0.4, -0.2) is 77.6 Å². The van der Waals surface area contributed by atoms with Crippen molar-refractivity contribution < 1.29 is 59.0 Å². The molecular weight excluding hydrogens is 696 g/mol. The molecule has 5 N–H and O–H groups in total. The molecule has 0 spiro atoms. The third-order valence-corrected chi connectivity index (χ3v) is 8.76. The molecule has 4 aromatic rings. The molecule has 0 saturated carbocycles. The van der Waals surface area contributed by atoms with Gasteiger partial charge >= 0.3 is 17.9 Å². The summed E-state index contributed by atoms with van der Waals surface area (Å²) >= 11 is 0. The molecule has 4 rings (SSSR count). The first-order valence-electron chi connectivity index (χ1n) is 16.9. The Balaban J connectivity index is 1.94. The van der Waals surface area contributed by atoms with E-state index in [0.717, 1.165) is 18.2 Å². The number of aromatic carboxylic acids is 2. The van der Waals surface area contributed by atoms with Crippen molar-refractivity contribution in [1.29, 1.82) is 0 Å². The molecular formula is C42H42O12. The predicted octanol–water partition coefficient (Wildman–Crippen LogP) is 5.48. The molecule has 12 heteroatoms. The molecule has 0 fully saturated rings. The van der Waals surface area contributed by atoms with Gasteiger partial charge in [-0.15, -0.1) is 0 Å². The van der Waals surface area contributed by atoms with Crippen LogP contribution in [0.25, 0.3) is 0 Å². The van der Waals surface area contributed by atoms with Gasteiger partial charge in [-0.2, -0.15) is 0 Å². The first-order chi connectivity index (χ1) is 24.9. The summed E-state index contributed by atoms with van der Waals surface area (Å²) in [5.41, 5.74) is -6.21. The Kier molecular flexibility index (Phi) is 11.6. The van der Waals surface area contributed by atoms with E-state index >= 15 is 0 Å². The van der Waals surface area contributed by atoms with Crippen LogP contribution in [0.15, 0.2) is 91.0 Å². The van der Waals surface area contributed by atoms with Crippen LogP contribution in [0.3, 0.4) is 0 Å². The summed E-state index contributed by atoms with van der Waals surface area (Å²) in [5.74, 6) is -5.77. The zero-order valence-corrected chi connectivity index (χ0v) is 30.7. The fourth-order valence-corrected chi connectivity index (χ4v) is 5.85. The van der Waals surface area contributed by atoms with Crippen molar-refractivity contribution in [3.05, 3.63) is 141 Å². The minimum absolute atomic E-state index is 0.103. The smallest absolute Gasteiger partial charge is 0.339 e. The highest BCUT2D eigenvalue weighted by molar-refractivity contribution is 6.05. The molecule has 282 valence electrons. The lowest BCUT2D eigenvalue weighted by molar-refractivity contribution is -0.0221. The molecule has 0 aromatic heterocycles. The standard InChI is InChI=1S/C42H42O12/c1-39(2,51)33(43)26-11-7-24(8-12-26)22-42(30-18-15-28(16-19-30)35(45)41(5,6)53,23-25-9-13-27(14-10-25)34(44)40(3,4)52)54-38(50)31-20-17-29(36(46)47)21-32(31)37(48)49/h7-21,51-53H,22-23H2,1-6H3,(H,46,47)(H,48,49). The van der Waals surface area contributed by atoms with Crippen LogP contribution in [0, 0.1) is 0 Å². The number of hydrogen-bond acceptors (Lipinski definition) is 10. The van der Waals surface area contributed by atoms with Crippen LogP contribution in [0.1, 0.15) is 120 Å². The molecule has 54 heavy (non-hydrogen) atoms. The Bertz CT molecular complexity index is 2020. The van der Waals surface area contributed by atoms with E-state index < -0.39 is 68.8 Å². The van der Waals surface area contributed by atoms with Crippen LogP contribution in [-0.2, 0) is 23.2 Å². The van der Waals surface area contributed by atoms with E-state index in [9.17, 15) is 54.3 Å². The number of ketones is 3. The zero-order valence-electron chi connectivity index (χ0n) is 30.7. The number of benzene rings is 4. The molecule has 0 aliphatic heterocycles. The van der Waals surface area contributed by atoms with Crippen molar-refractivity contribution in [3.8, 4) is 0 Å². The maximum atomic E-state index is 14.2. The second kappa shape index (κ2) is 15.3. The molecule has 0 amide bonds. The first-order valence-corrected chi connectivity index (χ1v) is 16.9. The number of esters is 1. The zero-order chi connectivity index (χ0) is 40.4. The van der Waals surface area contributed by atoms with Gasteiger partial charge in [-0.25, -0.2) is 14.4 Å². The van der Waals surface area contributed by atoms with E-state index in [4.69, 9.17) is 4.74 Å². The molecule has 4 aromatic carbocycles. The van der Waals surface area contributed by atoms with Crippen molar-refractivity contribution >= 4 is 35.3 Å². The number of aliphatic hydroxyl groups is 3. The normalized spacial score (nSPS) is 12.2. The highest BCUT2D eigenvalue weighted by Gasteiger charge is 2.39. The summed E-state index contributed by atoms with van der Waals surface area (Å²) in [6.07, 6.45) is -0.205. The number of Topliss-reactive ketones (excluding diaryl/α,β-unsaturated/α-hetero) is 3. The average molecular weight is 739 g/mol. The molecule has 0 radical (unpaired) electrons. The van der Waals surface area contributed by atoms with E-state index in [0.29, 0.717) is 16.7 Å². The highest BCUT2D eigenvalue weighted by atomic mass is 16.6. The van der Waals surface area contributed by atoms with Crippen LogP contribution in [0.5, 0.6) is 0 Å². The number of rotatable bonds is 15. The molecule has 12 nitrogen and oxygen atoms in total. The lowest BCUT2D eigenvalue weighted by atomic mass is 9.80. The van der Waals surface area contributed by atoms with Crippen molar-refractivity contribution in [2.75, 3.05) is 0 Å². The minimum Gasteiger partial charge on any atom is -0.478 e. The molecule has 0 aliphatic rings. The van der Waals surface area contributed by atoms with Crippen LogP contribution in [0.2, 0.25) is 0 Å². The van der Waals surface area contributed by atoms with E-state index in [1.165, 1.54) is 90.1 Å². The first kappa shape index (κ1) is 40.9. The minimum atomic E-state index is -1.71. The summed E-state index contributed by atoms with van der Waals surface area (Å²) in [7, 11) is 0. The fourth-order valence-electron chi connectivity index (χ4n) is 5.85. The van der Waals surface area contributed by atoms with Crippen molar-refractivity contribution in [2.45, 2.75) is 76.8 Å². The SMILES string of the molecule is CC(C)(O)C(=O)c1ccc(CC(Cc2ccc(C(=O)C(C)(C)O)cc2)(OC(=O)c2ccc(C(=O)O)cc2C(=O)O)c2ccc(C(=O)C(C)(C)O)cc2)cc1. The molecule has 0 aliphatic carbocycles. The van der Waals surface area contributed by atoms with Gasteiger partial charge in [0.15, 0.2) is 17.3 Å². The van der Waals surface area contributed by atoms with E-state index in [1.807, 2.05) is 0 Å². The van der Waals surface area contributed by atoms with E-state index in [1.54, 1.807) is 24.3 Å². The topological polar surface area (TPSA) is 213 Å². The predicted molar refractivity (Wildman–Crippen MR) is 196 cm³/mol. The van der Waals surface area contributed by atoms with Crippen molar-refractivity contribution in [3.63, 3.8) is 0 Å². The number of carboxylic acids is 2. The Morgan fingerprint density at radius 3 is 1.17 bits per heavy atom. The van der Waals surface area contributed by atoms with Crippen LogP contribution < -0.4 is 0 Å². The van der Waals surface area contributed by atoms with Crippen molar-refractivity contribution in [2.24, 2.45) is 0 Å². The summed E-state index contributed by atoms with van der Waals surface area (Å²) in [6.45, 7) is 8.10. The number of carbonyl (C=O) groups excluding carboxylic acids is 4. The van der Waals surface area contributed by atoms with Crippen molar-refractivity contribution in [1.82, 2.24) is 0 Å². The molecule has 0 unspecified atom stereocenters. The number of carbonyl (C=O) groups is 6. The summed E-state index contributed by atoms with van der Waals surface area (Å²) < 4.78 is 6.34. The summed E-state index contributed by atoms with van der Waals surface area (Å²) in [5, 5.41) is 50.4. The number of ether oxygens (including phenoxy) is 1. The molecule has 0 bridgehead atoms. The van der Waals surface area contributed by atoms with Crippen LogP contribution >= 0.6 is 0 Å². The molecule has 0 saturated heterocycles. The van der Waals surface area contributed by atoms with Gasteiger partial charge in [0.25, 0.3) is 0 Å².